The fourth-order valence-corrected chi connectivity index (χ4v) is 0.376. The largest absolute Gasteiger partial charge is 0.478 e. The second-order valence-corrected chi connectivity index (χ2v) is 1.86. The molecule has 6 nitrogen and oxygen atoms in total. The first kappa shape index (κ1) is 11.2. The summed E-state index contributed by atoms with van der Waals surface area (Å²) in [5.74, 6) is -2.89. The zero-order chi connectivity index (χ0) is 10.3. The molecule has 1 N–H and O–H groups in total. The Morgan fingerprint density at radius 2 is 1.92 bits per heavy atom. The van der Waals surface area contributed by atoms with Crippen molar-refractivity contribution in [2.45, 2.75) is 0 Å². The van der Waals surface area contributed by atoms with Crippen LogP contribution < -0.4 is 0 Å². The van der Waals surface area contributed by atoms with Crippen LogP contribution in [0.25, 0.3) is 0 Å². The zero-order valence-electron chi connectivity index (χ0n) is 6.85. The molecule has 0 aliphatic heterocycles. The number of methoxy groups -OCH3 is 1. The van der Waals surface area contributed by atoms with E-state index >= 15 is 0 Å². The Kier molecular flexibility index (Phi) is 4.94. The number of ether oxygens (including phenoxy) is 2. The average Bonchev–Trinajstić information content (AvgIpc) is 2.10. The predicted octanol–water partition coefficient (Wildman–Crippen LogP) is -0.657. The standard InChI is InChI=1S/C7H8O6/c1-12-7(11)4-13-6(10)3-2-5(8)9/h2-3H,4H2,1H3,(H,8,9)/b3-2+. The minimum absolute atomic E-state index is 0.528. The summed E-state index contributed by atoms with van der Waals surface area (Å²) in [6, 6.07) is 0. The molecule has 0 atom stereocenters. The number of carbonyl (C=O) groups excluding carboxylic acids is 2. The van der Waals surface area contributed by atoms with Gasteiger partial charge in [0.05, 0.1) is 7.11 Å². The molecule has 0 aliphatic rings. The maximum absolute atomic E-state index is 10.6. The normalized spacial score (nSPS) is 9.62. The lowest BCUT2D eigenvalue weighted by Gasteiger charge is -1.98. The molecule has 0 rings (SSSR count). The molecular weight excluding hydrogens is 180 g/mol. The maximum Gasteiger partial charge on any atom is 0.344 e. The molecule has 0 bridgehead atoms. The molecule has 0 amide bonds. The van der Waals surface area contributed by atoms with Crippen LogP contribution in [-0.2, 0) is 23.9 Å². The van der Waals surface area contributed by atoms with Gasteiger partial charge in [0.25, 0.3) is 0 Å². The van der Waals surface area contributed by atoms with Gasteiger partial charge in [0, 0.05) is 12.2 Å². The number of hydrogen-bond acceptors (Lipinski definition) is 5. The van der Waals surface area contributed by atoms with Crippen molar-refractivity contribution in [2.24, 2.45) is 0 Å². The highest BCUT2D eigenvalue weighted by atomic mass is 16.6. The SMILES string of the molecule is COC(=O)COC(=O)/C=C/C(=O)O. The summed E-state index contributed by atoms with van der Waals surface area (Å²) in [5, 5.41) is 8.10. The van der Waals surface area contributed by atoms with E-state index in [4.69, 9.17) is 5.11 Å². The van der Waals surface area contributed by atoms with Crippen LogP contribution in [0.4, 0.5) is 0 Å². The summed E-state index contributed by atoms with van der Waals surface area (Å²) in [7, 11) is 1.14. The van der Waals surface area contributed by atoms with Crippen molar-refractivity contribution in [1.29, 1.82) is 0 Å². The van der Waals surface area contributed by atoms with Crippen LogP contribution in [0.2, 0.25) is 0 Å². The molecule has 0 saturated carbocycles. The van der Waals surface area contributed by atoms with Crippen molar-refractivity contribution in [3.63, 3.8) is 0 Å². The van der Waals surface area contributed by atoms with Crippen molar-refractivity contribution in [1.82, 2.24) is 0 Å². The second kappa shape index (κ2) is 5.76. The number of carbonyl (C=O) groups is 3. The Labute approximate surface area is 73.7 Å². The minimum Gasteiger partial charge on any atom is -0.478 e. The van der Waals surface area contributed by atoms with Crippen LogP contribution in [0.5, 0.6) is 0 Å². The molecule has 0 aromatic rings. The van der Waals surface area contributed by atoms with E-state index in [9.17, 15) is 14.4 Å². The molecule has 0 saturated heterocycles. The summed E-state index contributed by atoms with van der Waals surface area (Å²) in [4.78, 5) is 30.9. The predicted molar refractivity (Wildman–Crippen MR) is 39.8 cm³/mol. The molecule has 0 radical (unpaired) electrons. The molecule has 0 fully saturated rings. The Morgan fingerprint density at radius 3 is 2.38 bits per heavy atom. The summed E-state index contributed by atoms with van der Waals surface area (Å²) < 4.78 is 8.45. The van der Waals surface area contributed by atoms with Crippen molar-refractivity contribution in [2.75, 3.05) is 13.7 Å². The van der Waals surface area contributed by atoms with E-state index < -0.39 is 24.5 Å². The molecule has 6 heteroatoms. The Bertz CT molecular complexity index is 241. The van der Waals surface area contributed by atoms with Crippen molar-refractivity contribution in [3.05, 3.63) is 12.2 Å². The van der Waals surface area contributed by atoms with Gasteiger partial charge in [0.15, 0.2) is 6.61 Å². The molecule has 0 aromatic heterocycles. The van der Waals surface area contributed by atoms with Crippen LogP contribution in [0, 0.1) is 0 Å². The third-order valence-electron chi connectivity index (χ3n) is 0.922. The van der Waals surface area contributed by atoms with E-state index in [2.05, 4.69) is 9.47 Å². The number of aliphatic carboxylic acids is 1. The highest BCUT2D eigenvalue weighted by Crippen LogP contribution is 1.83. The monoisotopic (exact) mass is 188 g/mol. The molecule has 0 aromatic carbocycles. The quantitative estimate of drug-likeness (QED) is 0.465. The smallest absolute Gasteiger partial charge is 0.344 e. The van der Waals surface area contributed by atoms with Gasteiger partial charge in [-0.15, -0.1) is 0 Å². The highest BCUT2D eigenvalue weighted by Gasteiger charge is 2.03. The van der Waals surface area contributed by atoms with Crippen molar-refractivity contribution in [3.8, 4) is 0 Å². The van der Waals surface area contributed by atoms with Crippen LogP contribution in [0.3, 0.4) is 0 Å². The molecular formula is C7H8O6. The summed E-state index contributed by atoms with van der Waals surface area (Å²) >= 11 is 0. The molecule has 72 valence electrons. The lowest BCUT2D eigenvalue weighted by atomic mass is 10.5. The fraction of sp³-hybridized carbons (Fsp3) is 0.286. The van der Waals surface area contributed by atoms with E-state index in [1.54, 1.807) is 0 Å². The van der Waals surface area contributed by atoms with E-state index in [0.717, 1.165) is 7.11 Å². The van der Waals surface area contributed by atoms with Crippen molar-refractivity contribution >= 4 is 17.9 Å². The van der Waals surface area contributed by atoms with Crippen LogP contribution in [0.15, 0.2) is 12.2 Å². The van der Waals surface area contributed by atoms with E-state index in [1.807, 2.05) is 0 Å². The molecule has 0 heterocycles. The van der Waals surface area contributed by atoms with Crippen molar-refractivity contribution < 1.29 is 29.0 Å². The van der Waals surface area contributed by atoms with Crippen LogP contribution >= 0.6 is 0 Å². The van der Waals surface area contributed by atoms with Gasteiger partial charge in [-0.3, -0.25) is 0 Å². The molecule has 0 unspecified atom stereocenters. The second-order valence-electron chi connectivity index (χ2n) is 1.86. The lowest BCUT2D eigenvalue weighted by Crippen LogP contribution is -2.13. The van der Waals surface area contributed by atoms with E-state index in [0.29, 0.717) is 12.2 Å². The van der Waals surface area contributed by atoms with E-state index in [1.165, 1.54) is 0 Å². The Hall–Kier alpha value is -1.85. The topological polar surface area (TPSA) is 89.9 Å². The third-order valence-corrected chi connectivity index (χ3v) is 0.922. The summed E-state index contributed by atoms with van der Waals surface area (Å²) in [6.07, 6.45) is 1.31. The zero-order valence-corrected chi connectivity index (χ0v) is 6.85. The maximum atomic E-state index is 10.6. The summed E-state index contributed by atoms with van der Waals surface area (Å²) in [5.41, 5.74) is 0. The minimum atomic E-state index is -1.27. The number of carboxylic acid groups (broad SMARTS) is 1. The first-order valence-corrected chi connectivity index (χ1v) is 3.21. The van der Waals surface area contributed by atoms with Gasteiger partial charge in [-0.25, -0.2) is 14.4 Å². The van der Waals surface area contributed by atoms with Gasteiger partial charge in [0.2, 0.25) is 0 Å². The van der Waals surface area contributed by atoms with Gasteiger partial charge in [0.1, 0.15) is 0 Å². The first-order chi connectivity index (χ1) is 6.06. The lowest BCUT2D eigenvalue weighted by molar-refractivity contribution is -0.154. The molecule has 0 spiro atoms. The first-order valence-electron chi connectivity index (χ1n) is 3.21. The number of esters is 2. The number of hydrogen-bond donors (Lipinski definition) is 1. The highest BCUT2D eigenvalue weighted by molar-refractivity contribution is 5.91. The summed E-state index contributed by atoms with van der Waals surface area (Å²) in [6.45, 7) is -0.528. The molecule has 13 heavy (non-hydrogen) atoms. The van der Waals surface area contributed by atoms with E-state index in [-0.39, 0.29) is 0 Å². The van der Waals surface area contributed by atoms with Gasteiger partial charge >= 0.3 is 17.9 Å². The Morgan fingerprint density at radius 1 is 1.31 bits per heavy atom. The van der Waals surface area contributed by atoms with Crippen LogP contribution in [-0.4, -0.2) is 36.7 Å². The molecule has 0 aliphatic carbocycles. The number of rotatable bonds is 4. The third kappa shape index (κ3) is 6.54. The van der Waals surface area contributed by atoms with Gasteiger partial charge in [-0.2, -0.15) is 0 Å². The average molecular weight is 188 g/mol. The number of carboxylic acids is 1. The van der Waals surface area contributed by atoms with Gasteiger partial charge in [-0.05, 0) is 0 Å². The van der Waals surface area contributed by atoms with Crippen LogP contribution in [0.1, 0.15) is 0 Å². The fourth-order valence-electron chi connectivity index (χ4n) is 0.376. The Balaban J connectivity index is 3.76. The van der Waals surface area contributed by atoms with Gasteiger partial charge in [-0.1, -0.05) is 0 Å². The van der Waals surface area contributed by atoms with Gasteiger partial charge < -0.3 is 14.6 Å².